The van der Waals surface area contributed by atoms with Gasteiger partial charge in [-0.15, -0.1) is 0 Å². The van der Waals surface area contributed by atoms with E-state index in [2.05, 4.69) is 31.0 Å². The Labute approximate surface area is 116 Å². The van der Waals surface area contributed by atoms with Crippen LogP contribution in [0.15, 0.2) is 18.3 Å². The Balaban J connectivity index is 0.000000280. The number of rotatable bonds is 1. The average Bonchev–Trinajstić information content (AvgIpc) is 2.29. The Kier molecular flexibility index (Phi) is 6.10. The maximum absolute atomic E-state index is 9.18. The van der Waals surface area contributed by atoms with Crippen molar-refractivity contribution in [3.8, 4) is 0 Å². The van der Waals surface area contributed by atoms with Gasteiger partial charge < -0.3 is 10.2 Å². The second-order valence-electron chi connectivity index (χ2n) is 3.55. The minimum absolute atomic E-state index is 0.693. The van der Waals surface area contributed by atoms with Crippen molar-refractivity contribution in [2.75, 3.05) is 31.1 Å². The first-order valence-corrected chi connectivity index (χ1v) is 7.91. The fourth-order valence-electron chi connectivity index (χ4n) is 1.45. The van der Waals surface area contributed by atoms with Crippen LogP contribution in [-0.2, 0) is 9.24 Å². The van der Waals surface area contributed by atoms with Crippen LogP contribution in [-0.4, -0.2) is 39.6 Å². The molecule has 18 heavy (non-hydrogen) atoms. The molecule has 0 atom stereocenters. The van der Waals surface area contributed by atoms with Gasteiger partial charge in [-0.3, -0.25) is 0 Å². The number of nitrogens with zero attached hydrogens (tertiary/aromatic N) is 2. The number of halogens is 2. The van der Waals surface area contributed by atoms with E-state index in [9.17, 15) is 8.42 Å². The van der Waals surface area contributed by atoms with Gasteiger partial charge >= 0.3 is 0 Å². The zero-order valence-electron chi connectivity index (χ0n) is 9.51. The van der Waals surface area contributed by atoms with Crippen LogP contribution in [0.4, 0.5) is 5.82 Å². The van der Waals surface area contributed by atoms with Crippen molar-refractivity contribution in [1.29, 1.82) is 0 Å². The molecule has 2 heterocycles. The molecule has 1 aromatic rings. The molecule has 2 rings (SSSR count). The number of pyridine rings is 1. The summed E-state index contributed by atoms with van der Waals surface area (Å²) in [6.07, 6.45) is 1.69. The fraction of sp³-hybridized carbons (Fsp3) is 0.444. The van der Waals surface area contributed by atoms with Gasteiger partial charge in [0, 0.05) is 43.1 Å². The Morgan fingerprint density at radius 3 is 2.33 bits per heavy atom. The Hall–Kier alpha value is -0.600. The lowest BCUT2D eigenvalue weighted by atomic mass is 10.3. The maximum atomic E-state index is 9.18. The molecule has 0 radical (unpaired) electrons. The predicted molar refractivity (Wildman–Crippen MR) is 73.3 cm³/mol. The highest BCUT2D eigenvalue weighted by molar-refractivity contribution is 8.11. The summed E-state index contributed by atoms with van der Waals surface area (Å²) >= 11 is 5.76. The summed E-state index contributed by atoms with van der Waals surface area (Å²) in [7, 11) is 0.586. The van der Waals surface area contributed by atoms with Gasteiger partial charge in [-0.2, -0.15) is 8.42 Å². The van der Waals surface area contributed by atoms with Gasteiger partial charge in [0.25, 0.3) is 9.24 Å². The molecule has 0 aliphatic carbocycles. The van der Waals surface area contributed by atoms with E-state index in [0.29, 0.717) is 5.02 Å². The summed E-state index contributed by atoms with van der Waals surface area (Å²) in [5.41, 5.74) is 0. The number of hydrogen-bond donors (Lipinski definition) is 2. The Morgan fingerprint density at radius 2 is 1.89 bits per heavy atom. The van der Waals surface area contributed by atoms with Crippen LogP contribution in [0.2, 0.25) is 5.02 Å². The van der Waals surface area contributed by atoms with E-state index in [4.69, 9.17) is 11.6 Å². The smallest absolute Gasteiger partial charge is 0.294 e. The summed E-state index contributed by atoms with van der Waals surface area (Å²) in [5, 5.41) is 8.09. The topological polar surface area (TPSA) is 88.3 Å². The first-order chi connectivity index (χ1) is 8.36. The molecule has 3 N–H and O–H groups in total. The molecule has 6 nitrogen and oxygen atoms in total. The minimum Gasteiger partial charge on any atom is -0.354 e. The summed E-state index contributed by atoms with van der Waals surface area (Å²) in [6.45, 7) is 4.11. The zero-order chi connectivity index (χ0) is 13.6. The van der Waals surface area contributed by atoms with E-state index in [1.165, 1.54) is 0 Å². The van der Waals surface area contributed by atoms with Crippen molar-refractivity contribution in [3.63, 3.8) is 0 Å². The quantitative estimate of drug-likeness (QED) is 0.740. The molecule has 0 spiro atoms. The van der Waals surface area contributed by atoms with Gasteiger partial charge in [0.15, 0.2) is 0 Å². The Morgan fingerprint density at radius 1 is 1.33 bits per heavy atom. The van der Waals surface area contributed by atoms with Gasteiger partial charge in [-0.25, -0.2) is 10.1 Å². The predicted octanol–water partition coefficient (Wildman–Crippen LogP) is 0.573. The van der Waals surface area contributed by atoms with Crippen LogP contribution < -0.4 is 15.4 Å². The molecule has 0 unspecified atom stereocenters. The monoisotopic (exact) mass is 312 g/mol. The van der Waals surface area contributed by atoms with E-state index in [0.717, 1.165) is 32.0 Å². The number of hydrogen-bond acceptors (Lipinski definition) is 5. The summed E-state index contributed by atoms with van der Waals surface area (Å²) in [5.74, 6) is 1.02. The summed E-state index contributed by atoms with van der Waals surface area (Å²) in [4.78, 5) is 6.52. The zero-order valence-corrected chi connectivity index (χ0v) is 11.8. The molecule has 1 aliphatic heterocycles. The molecule has 0 aromatic carbocycles. The number of nitrogens with one attached hydrogen (secondary N) is 1. The second kappa shape index (κ2) is 7.10. The number of nitrogens with two attached hydrogens (primary N) is 1. The first-order valence-electron chi connectivity index (χ1n) is 5.16. The molecule has 1 fully saturated rings. The minimum atomic E-state index is -3.69. The van der Waals surface area contributed by atoms with Gasteiger partial charge in [-0.05, 0) is 12.1 Å². The Bertz CT molecular complexity index is 452. The van der Waals surface area contributed by atoms with Crippen molar-refractivity contribution in [2.24, 2.45) is 5.14 Å². The third-order valence-corrected chi connectivity index (χ3v) is 2.38. The normalized spacial score (nSPS) is 15.8. The third kappa shape index (κ3) is 6.97. The molecule has 102 valence electrons. The molecule has 0 bridgehead atoms. The first kappa shape index (κ1) is 15.5. The van der Waals surface area contributed by atoms with Crippen LogP contribution in [0.3, 0.4) is 0 Å². The molecule has 0 amide bonds. The SMILES string of the molecule is Clc1ccc(N2CCNCC2)nc1.NS(=O)(=O)Cl. The lowest BCUT2D eigenvalue weighted by Gasteiger charge is -2.28. The van der Waals surface area contributed by atoms with Crippen molar-refractivity contribution < 1.29 is 8.42 Å². The maximum Gasteiger partial charge on any atom is 0.294 e. The van der Waals surface area contributed by atoms with E-state index in [-0.39, 0.29) is 0 Å². The van der Waals surface area contributed by atoms with Gasteiger partial charge in [0.05, 0.1) is 5.02 Å². The molecular weight excluding hydrogens is 299 g/mol. The molecule has 1 aromatic heterocycles. The van der Waals surface area contributed by atoms with E-state index >= 15 is 0 Å². The van der Waals surface area contributed by atoms with Crippen molar-refractivity contribution >= 4 is 37.3 Å². The van der Waals surface area contributed by atoms with Crippen molar-refractivity contribution in [3.05, 3.63) is 23.4 Å². The van der Waals surface area contributed by atoms with Gasteiger partial charge in [-0.1, -0.05) is 11.6 Å². The lowest BCUT2D eigenvalue weighted by Crippen LogP contribution is -2.43. The lowest BCUT2D eigenvalue weighted by molar-refractivity contribution is 0.585. The number of aromatic nitrogens is 1. The van der Waals surface area contributed by atoms with Gasteiger partial charge in [0.1, 0.15) is 5.82 Å². The van der Waals surface area contributed by atoms with E-state index in [1.807, 2.05) is 12.1 Å². The largest absolute Gasteiger partial charge is 0.354 e. The average molecular weight is 313 g/mol. The second-order valence-corrected chi connectivity index (χ2v) is 6.23. The highest BCUT2D eigenvalue weighted by Crippen LogP contribution is 2.14. The number of anilines is 1. The van der Waals surface area contributed by atoms with Crippen molar-refractivity contribution in [2.45, 2.75) is 0 Å². The van der Waals surface area contributed by atoms with Crippen molar-refractivity contribution in [1.82, 2.24) is 10.3 Å². The van der Waals surface area contributed by atoms with Gasteiger partial charge in [0.2, 0.25) is 0 Å². The van der Waals surface area contributed by atoms with Crippen LogP contribution in [0.25, 0.3) is 0 Å². The van der Waals surface area contributed by atoms with E-state index in [1.54, 1.807) is 6.20 Å². The van der Waals surface area contributed by atoms with Crippen LogP contribution in [0.5, 0.6) is 0 Å². The standard InChI is InChI=1S/C9H12ClN3.ClH2NO2S/c10-8-1-2-9(12-7-8)13-5-3-11-4-6-13;1-5(2,3)4/h1-2,7,11H,3-6H2;(H2,2,3,4). The summed E-state index contributed by atoms with van der Waals surface area (Å²) in [6, 6.07) is 3.85. The van der Waals surface area contributed by atoms with Crippen LogP contribution >= 0.6 is 22.3 Å². The molecule has 0 saturated carbocycles. The van der Waals surface area contributed by atoms with Crippen LogP contribution in [0.1, 0.15) is 0 Å². The number of piperazine rings is 1. The molecule has 9 heteroatoms. The van der Waals surface area contributed by atoms with E-state index < -0.39 is 9.24 Å². The molecular formula is C9H14Cl2N4O2S. The molecule has 1 saturated heterocycles. The third-order valence-electron chi connectivity index (χ3n) is 2.15. The van der Waals surface area contributed by atoms with Crippen LogP contribution in [0, 0.1) is 0 Å². The molecule has 1 aliphatic rings. The highest BCUT2D eigenvalue weighted by Gasteiger charge is 2.10. The fourth-order valence-corrected chi connectivity index (χ4v) is 1.56. The highest BCUT2D eigenvalue weighted by atomic mass is 35.7. The summed E-state index contributed by atoms with van der Waals surface area (Å²) < 4.78 is 18.4.